The molecule has 0 amide bonds. The fourth-order valence-electron chi connectivity index (χ4n) is 2.96. The Hall–Kier alpha value is -1.17. The normalized spacial score (nSPS) is 20.5. The summed E-state index contributed by atoms with van der Waals surface area (Å²) in [4.78, 5) is 0.334. The highest BCUT2D eigenvalue weighted by Crippen LogP contribution is 2.35. The predicted octanol–water partition coefficient (Wildman–Crippen LogP) is 2.99. The van der Waals surface area contributed by atoms with Gasteiger partial charge in [-0.3, -0.25) is 0 Å². The van der Waals surface area contributed by atoms with Crippen LogP contribution in [0.15, 0.2) is 41.3 Å². The lowest BCUT2D eigenvalue weighted by atomic mass is 9.87. The van der Waals surface area contributed by atoms with Crippen molar-refractivity contribution in [3.8, 4) is 0 Å². The molecule has 1 fully saturated rings. The van der Waals surface area contributed by atoms with E-state index in [1.54, 1.807) is 12.1 Å². The maximum Gasteiger partial charge on any atom is 0.243 e. The van der Waals surface area contributed by atoms with Gasteiger partial charge in [0.25, 0.3) is 0 Å². The zero-order valence-electron chi connectivity index (χ0n) is 13.8. The summed E-state index contributed by atoms with van der Waals surface area (Å²) >= 11 is 0. The molecule has 1 atom stereocenters. The van der Waals surface area contributed by atoms with Crippen LogP contribution < -0.4 is 0 Å². The molecule has 0 spiro atoms. The van der Waals surface area contributed by atoms with E-state index in [-0.39, 0.29) is 5.92 Å². The summed E-state index contributed by atoms with van der Waals surface area (Å²) in [5, 5.41) is 0. The summed E-state index contributed by atoms with van der Waals surface area (Å²) < 4.78 is 32.8. The van der Waals surface area contributed by atoms with Gasteiger partial charge in [-0.05, 0) is 39.8 Å². The molecule has 0 radical (unpaired) electrons. The Balaban J connectivity index is 2.24. The molecular weight excluding hydrogens is 298 g/mol. The summed E-state index contributed by atoms with van der Waals surface area (Å²) in [6, 6.07) is 6.96. The second kappa shape index (κ2) is 6.14. The quantitative estimate of drug-likeness (QED) is 0.783. The van der Waals surface area contributed by atoms with Crippen molar-refractivity contribution >= 4 is 10.0 Å². The summed E-state index contributed by atoms with van der Waals surface area (Å²) in [6.45, 7) is 13.3. The van der Waals surface area contributed by atoms with Gasteiger partial charge < -0.3 is 4.74 Å². The maximum atomic E-state index is 12.8. The van der Waals surface area contributed by atoms with E-state index in [2.05, 4.69) is 6.58 Å². The highest BCUT2D eigenvalue weighted by atomic mass is 32.2. The minimum Gasteiger partial charge on any atom is -0.375 e. The Morgan fingerprint density at radius 3 is 2.45 bits per heavy atom. The fourth-order valence-corrected chi connectivity index (χ4v) is 4.42. The van der Waals surface area contributed by atoms with Crippen LogP contribution in [0, 0.1) is 12.8 Å². The molecule has 1 aliphatic heterocycles. The van der Waals surface area contributed by atoms with Gasteiger partial charge in [0.05, 0.1) is 10.5 Å². The number of hydrogen-bond donors (Lipinski definition) is 0. The molecule has 0 saturated carbocycles. The van der Waals surface area contributed by atoms with Crippen molar-refractivity contribution in [1.29, 1.82) is 0 Å². The van der Waals surface area contributed by atoms with E-state index in [0.29, 0.717) is 24.6 Å². The monoisotopic (exact) mass is 323 g/mol. The van der Waals surface area contributed by atoms with Gasteiger partial charge in [0, 0.05) is 25.6 Å². The zero-order chi connectivity index (χ0) is 16.5. The Morgan fingerprint density at radius 1 is 1.32 bits per heavy atom. The standard InChI is InChI=1S/C17H25NO3S/c1-6-21-17(4,5)16-12-18(11-14(16)3)22(19,20)15-9-7-13(2)8-10-15/h7-10,16H,3,6,11-12H2,1-2,4-5H3. The first kappa shape index (κ1) is 17.2. The van der Waals surface area contributed by atoms with Gasteiger partial charge in [-0.1, -0.05) is 29.8 Å². The molecular formula is C17H25NO3S. The fraction of sp³-hybridized carbons (Fsp3) is 0.529. The third-order valence-corrected chi connectivity index (χ3v) is 6.10. The van der Waals surface area contributed by atoms with Crippen LogP contribution >= 0.6 is 0 Å². The topological polar surface area (TPSA) is 46.6 Å². The molecule has 1 aliphatic rings. The number of rotatable bonds is 5. The largest absolute Gasteiger partial charge is 0.375 e. The molecule has 1 heterocycles. The Labute approximate surface area is 133 Å². The molecule has 4 nitrogen and oxygen atoms in total. The van der Waals surface area contributed by atoms with Gasteiger partial charge >= 0.3 is 0 Å². The average Bonchev–Trinajstić information content (AvgIpc) is 2.83. The van der Waals surface area contributed by atoms with Crippen LogP contribution in [0.3, 0.4) is 0 Å². The summed E-state index contributed by atoms with van der Waals surface area (Å²) in [5.74, 6) is 0.00710. The van der Waals surface area contributed by atoms with Crippen LogP contribution in [0.4, 0.5) is 0 Å². The van der Waals surface area contributed by atoms with Crippen molar-refractivity contribution < 1.29 is 13.2 Å². The Kier molecular flexibility index (Phi) is 4.80. The van der Waals surface area contributed by atoms with Gasteiger partial charge in [-0.15, -0.1) is 0 Å². The van der Waals surface area contributed by atoms with Crippen molar-refractivity contribution in [2.45, 2.75) is 38.2 Å². The van der Waals surface area contributed by atoms with Gasteiger partial charge in [0.1, 0.15) is 0 Å². The van der Waals surface area contributed by atoms with E-state index in [9.17, 15) is 8.42 Å². The van der Waals surface area contributed by atoms with E-state index >= 15 is 0 Å². The molecule has 1 saturated heterocycles. The molecule has 22 heavy (non-hydrogen) atoms. The van der Waals surface area contributed by atoms with Crippen molar-refractivity contribution in [3.63, 3.8) is 0 Å². The molecule has 0 bridgehead atoms. The Morgan fingerprint density at radius 2 is 1.91 bits per heavy atom. The van der Waals surface area contributed by atoms with Crippen molar-refractivity contribution in [2.75, 3.05) is 19.7 Å². The highest BCUT2D eigenvalue weighted by Gasteiger charge is 2.42. The van der Waals surface area contributed by atoms with Crippen LogP contribution in [-0.4, -0.2) is 38.0 Å². The minimum absolute atomic E-state index is 0.00710. The number of nitrogens with zero attached hydrogens (tertiary/aromatic N) is 1. The van der Waals surface area contributed by atoms with Crippen molar-refractivity contribution in [2.24, 2.45) is 5.92 Å². The third-order valence-electron chi connectivity index (χ3n) is 4.27. The van der Waals surface area contributed by atoms with Crippen LogP contribution in [0.2, 0.25) is 0 Å². The first-order chi connectivity index (χ1) is 10.2. The summed E-state index contributed by atoms with van der Waals surface area (Å²) in [7, 11) is -3.48. The molecule has 2 rings (SSSR count). The van der Waals surface area contributed by atoms with Crippen molar-refractivity contribution in [3.05, 3.63) is 42.0 Å². The molecule has 5 heteroatoms. The van der Waals surface area contributed by atoms with E-state index in [4.69, 9.17) is 4.74 Å². The maximum absolute atomic E-state index is 12.8. The van der Waals surface area contributed by atoms with Crippen molar-refractivity contribution in [1.82, 2.24) is 4.31 Å². The smallest absolute Gasteiger partial charge is 0.243 e. The highest BCUT2D eigenvalue weighted by molar-refractivity contribution is 7.89. The molecule has 0 N–H and O–H groups in total. The van der Waals surface area contributed by atoms with Crippen LogP contribution in [0.1, 0.15) is 26.3 Å². The van der Waals surface area contributed by atoms with Crippen LogP contribution in [0.25, 0.3) is 0 Å². The van der Waals surface area contributed by atoms with E-state index in [0.717, 1.165) is 11.1 Å². The molecule has 1 unspecified atom stereocenters. The number of aryl methyl sites for hydroxylation is 1. The number of ether oxygens (including phenoxy) is 1. The first-order valence-corrected chi connectivity index (χ1v) is 9.01. The lowest BCUT2D eigenvalue weighted by molar-refractivity contribution is -0.0403. The number of sulfonamides is 1. The Bertz CT molecular complexity index is 647. The van der Waals surface area contributed by atoms with E-state index < -0.39 is 15.6 Å². The molecule has 122 valence electrons. The van der Waals surface area contributed by atoms with Crippen LogP contribution in [0.5, 0.6) is 0 Å². The number of hydrogen-bond acceptors (Lipinski definition) is 3. The van der Waals surface area contributed by atoms with Gasteiger partial charge in [-0.25, -0.2) is 8.42 Å². The molecule has 0 aromatic heterocycles. The number of benzene rings is 1. The zero-order valence-corrected chi connectivity index (χ0v) is 14.6. The molecule has 1 aromatic carbocycles. The molecule has 1 aromatic rings. The third kappa shape index (κ3) is 3.26. The van der Waals surface area contributed by atoms with Gasteiger partial charge in [-0.2, -0.15) is 4.31 Å². The lowest BCUT2D eigenvalue weighted by Crippen LogP contribution is -2.38. The second-order valence-electron chi connectivity index (χ2n) is 6.36. The van der Waals surface area contributed by atoms with Crippen LogP contribution in [-0.2, 0) is 14.8 Å². The van der Waals surface area contributed by atoms with E-state index in [1.165, 1.54) is 4.31 Å². The SMILES string of the molecule is C=C1CN(S(=O)(=O)c2ccc(C)cc2)CC1C(C)(C)OCC. The van der Waals surface area contributed by atoms with Gasteiger partial charge in [0.2, 0.25) is 10.0 Å². The first-order valence-electron chi connectivity index (χ1n) is 7.57. The average molecular weight is 323 g/mol. The molecule has 0 aliphatic carbocycles. The van der Waals surface area contributed by atoms with Gasteiger partial charge in [0.15, 0.2) is 0 Å². The predicted molar refractivity (Wildman–Crippen MR) is 88.3 cm³/mol. The summed E-state index contributed by atoms with van der Waals surface area (Å²) in [5.41, 5.74) is 1.54. The van der Waals surface area contributed by atoms with E-state index in [1.807, 2.05) is 39.8 Å². The minimum atomic E-state index is -3.48. The summed E-state index contributed by atoms with van der Waals surface area (Å²) in [6.07, 6.45) is 0. The second-order valence-corrected chi connectivity index (χ2v) is 8.30. The lowest BCUT2D eigenvalue weighted by Gasteiger charge is -2.32.